The molecule has 0 amide bonds. The van der Waals surface area contributed by atoms with Gasteiger partial charge in [-0.1, -0.05) is 53.5 Å². The third kappa shape index (κ3) is 7.00. The number of carbonyl (C=O) groups excluding carboxylic acids is 1. The molecule has 0 radical (unpaired) electrons. The van der Waals surface area contributed by atoms with E-state index in [0.717, 1.165) is 44.4 Å². The van der Waals surface area contributed by atoms with Crippen molar-refractivity contribution in [3.63, 3.8) is 0 Å². The molecule has 39 heavy (non-hydrogen) atoms. The molecule has 0 N–H and O–H groups in total. The molecule has 0 saturated carbocycles. The largest absolute Gasteiger partial charge is 0.462 e. The highest BCUT2D eigenvalue weighted by atomic mass is 35.5. The highest BCUT2D eigenvalue weighted by Gasteiger charge is 2.30. The molecule has 4 nitrogen and oxygen atoms in total. The number of benzene rings is 3. The van der Waals surface area contributed by atoms with Crippen molar-refractivity contribution in [1.29, 1.82) is 0 Å². The lowest BCUT2D eigenvalue weighted by Gasteiger charge is -2.31. The maximum atomic E-state index is 12.7. The summed E-state index contributed by atoms with van der Waals surface area (Å²) in [4.78, 5) is 17.8. The average molecular weight is 565 g/mol. The smallest absolute Gasteiger partial charge is 0.311 e. The standard InChI is InChI=1S/C33H35Cl2NO3/c1-20-18-27-25(16-17-26(36-27)21-8-12-23(34)13-9-21)30(22-10-14-24(35)15-11-22)29(20)28(39-33(5,6)7)19-38-31(37)32(2,3)4/h8-18,28H,19H2,1-7H3/t28-/m0/s1. The fourth-order valence-corrected chi connectivity index (χ4v) is 4.77. The van der Waals surface area contributed by atoms with Crippen LogP contribution in [-0.2, 0) is 14.3 Å². The van der Waals surface area contributed by atoms with Gasteiger partial charge in [-0.05, 0) is 107 Å². The van der Waals surface area contributed by atoms with Crippen LogP contribution in [0.5, 0.6) is 0 Å². The number of ether oxygens (including phenoxy) is 2. The minimum atomic E-state index is -0.619. The Balaban J connectivity index is 1.93. The van der Waals surface area contributed by atoms with Crippen LogP contribution in [-0.4, -0.2) is 23.2 Å². The van der Waals surface area contributed by atoms with Gasteiger partial charge in [0.15, 0.2) is 0 Å². The van der Waals surface area contributed by atoms with Crippen molar-refractivity contribution < 1.29 is 14.3 Å². The minimum absolute atomic E-state index is 0.0938. The molecule has 6 heteroatoms. The van der Waals surface area contributed by atoms with Crippen molar-refractivity contribution in [2.75, 3.05) is 6.61 Å². The second-order valence-corrected chi connectivity index (χ2v) is 12.7. The van der Waals surface area contributed by atoms with Crippen LogP contribution in [0, 0.1) is 12.3 Å². The lowest BCUT2D eigenvalue weighted by Crippen LogP contribution is -2.30. The number of rotatable bonds is 6. The first-order valence-corrected chi connectivity index (χ1v) is 13.8. The summed E-state index contributed by atoms with van der Waals surface area (Å²) >= 11 is 12.4. The number of fused-ring (bicyclic) bond motifs is 1. The quantitative estimate of drug-likeness (QED) is 0.219. The van der Waals surface area contributed by atoms with Crippen LogP contribution in [0.15, 0.2) is 66.7 Å². The van der Waals surface area contributed by atoms with Gasteiger partial charge >= 0.3 is 5.97 Å². The number of esters is 1. The Labute approximate surface area is 241 Å². The van der Waals surface area contributed by atoms with Gasteiger partial charge in [-0.25, -0.2) is 4.98 Å². The van der Waals surface area contributed by atoms with Crippen LogP contribution < -0.4 is 0 Å². The van der Waals surface area contributed by atoms with Crippen LogP contribution in [0.4, 0.5) is 0 Å². The fourth-order valence-electron chi connectivity index (χ4n) is 4.52. The molecule has 0 aliphatic heterocycles. The number of nitrogens with zero attached hydrogens (tertiary/aromatic N) is 1. The molecular formula is C33H35Cl2NO3. The second-order valence-electron chi connectivity index (χ2n) is 11.8. The Morgan fingerprint density at radius 1 is 0.846 bits per heavy atom. The number of pyridine rings is 1. The first-order valence-electron chi connectivity index (χ1n) is 13.0. The lowest BCUT2D eigenvalue weighted by atomic mass is 9.88. The molecule has 1 aromatic heterocycles. The Kier molecular flexibility index (Phi) is 8.41. The van der Waals surface area contributed by atoms with Gasteiger partial charge in [0, 0.05) is 21.0 Å². The van der Waals surface area contributed by atoms with Gasteiger partial charge in [-0.2, -0.15) is 0 Å². The number of hydrogen-bond donors (Lipinski definition) is 0. The predicted molar refractivity (Wildman–Crippen MR) is 161 cm³/mol. The molecule has 0 saturated heterocycles. The van der Waals surface area contributed by atoms with E-state index in [1.54, 1.807) is 0 Å². The van der Waals surface area contributed by atoms with Crippen molar-refractivity contribution in [3.05, 3.63) is 87.9 Å². The van der Waals surface area contributed by atoms with Gasteiger partial charge in [0.25, 0.3) is 0 Å². The summed E-state index contributed by atoms with van der Waals surface area (Å²) in [6.07, 6.45) is -0.498. The highest BCUT2D eigenvalue weighted by Crippen LogP contribution is 2.41. The molecule has 1 atom stereocenters. The SMILES string of the molecule is Cc1cc2nc(-c3ccc(Cl)cc3)ccc2c(-c2ccc(Cl)cc2)c1[C@H](COC(=O)C(C)(C)C)OC(C)(C)C. The number of aryl methyl sites for hydroxylation is 1. The highest BCUT2D eigenvalue weighted by molar-refractivity contribution is 6.31. The summed E-state index contributed by atoms with van der Waals surface area (Å²) in [6.45, 7) is 13.7. The zero-order valence-corrected chi connectivity index (χ0v) is 25.1. The van der Waals surface area contributed by atoms with E-state index < -0.39 is 17.1 Å². The van der Waals surface area contributed by atoms with Crippen LogP contribution in [0.1, 0.15) is 58.8 Å². The first-order chi connectivity index (χ1) is 18.2. The van der Waals surface area contributed by atoms with Gasteiger partial charge in [-0.3, -0.25) is 4.79 Å². The molecule has 4 aromatic rings. The van der Waals surface area contributed by atoms with Crippen molar-refractivity contribution in [2.24, 2.45) is 5.41 Å². The zero-order chi connectivity index (χ0) is 28.5. The van der Waals surface area contributed by atoms with Gasteiger partial charge in [0.1, 0.15) is 12.7 Å². The monoisotopic (exact) mass is 563 g/mol. The number of aromatic nitrogens is 1. The molecule has 3 aromatic carbocycles. The van der Waals surface area contributed by atoms with E-state index in [2.05, 4.69) is 19.1 Å². The van der Waals surface area contributed by atoms with E-state index in [0.29, 0.717) is 10.0 Å². The maximum Gasteiger partial charge on any atom is 0.311 e. The Morgan fingerprint density at radius 3 is 1.95 bits per heavy atom. The van der Waals surface area contributed by atoms with Crippen LogP contribution in [0.2, 0.25) is 10.0 Å². The Hall–Kier alpha value is -2.92. The first kappa shape index (κ1) is 29.1. The van der Waals surface area contributed by atoms with E-state index in [1.807, 2.05) is 96.1 Å². The van der Waals surface area contributed by atoms with Crippen molar-refractivity contribution in [2.45, 2.75) is 60.2 Å². The lowest BCUT2D eigenvalue weighted by molar-refractivity contribution is -0.162. The summed E-state index contributed by atoms with van der Waals surface area (Å²) in [5.41, 5.74) is 5.52. The fraction of sp³-hybridized carbons (Fsp3) is 0.333. The van der Waals surface area contributed by atoms with Gasteiger partial charge in [-0.15, -0.1) is 0 Å². The molecule has 1 heterocycles. The van der Waals surface area contributed by atoms with Crippen LogP contribution in [0.3, 0.4) is 0 Å². The van der Waals surface area contributed by atoms with Gasteiger partial charge in [0.2, 0.25) is 0 Å². The van der Waals surface area contributed by atoms with Crippen LogP contribution in [0.25, 0.3) is 33.3 Å². The molecule has 0 aliphatic carbocycles. The van der Waals surface area contributed by atoms with E-state index in [-0.39, 0.29) is 12.6 Å². The molecule has 0 unspecified atom stereocenters. The number of halogens is 2. The average Bonchev–Trinajstić information content (AvgIpc) is 2.85. The summed E-state index contributed by atoms with van der Waals surface area (Å²) in [7, 11) is 0. The second kappa shape index (κ2) is 11.3. The van der Waals surface area contributed by atoms with Gasteiger partial charge < -0.3 is 9.47 Å². The molecular weight excluding hydrogens is 529 g/mol. The Bertz CT molecular complexity index is 1480. The molecule has 204 valence electrons. The minimum Gasteiger partial charge on any atom is -0.462 e. The van der Waals surface area contributed by atoms with E-state index in [1.165, 1.54) is 0 Å². The van der Waals surface area contributed by atoms with E-state index in [4.69, 9.17) is 37.7 Å². The zero-order valence-electron chi connectivity index (χ0n) is 23.6. The van der Waals surface area contributed by atoms with Crippen molar-refractivity contribution >= 4 is 40.1 Å². The normalized spacial score (nSPS) is 12.9. The maximum absolute atomic E-state index is 12.7. The van der Waals surface area contributed by atoms with E-state index >= 15 is 0 Å². The molecule has 0 spiro atoms. The van der Waals surface area contributed by atoms with E-state index in [9.17, 15) is 4.79 Å². The summed E-state index contributed by atoms with van der Waals surface area (Å²) < 4.78 is 12.4. The third-order valence-corrected chi connectivity index (χ3v) is 6.81. The predicted octanol–water partition coefficient (Wildman–Crippen LogP) is 9.63. The Morgan fingerprint density at radius 2 is 1.41 bits per heavy atom. The summed E-state index contributed by atoms with van der Waals surface area (Å²) in [5, 5.41) is 2.31. The topological polar surface area (TPSA) is 48.4 Å². The molecule has 4 rings (SSSR count). The van der Waals surface area contributed by atoms with Gasteiger partial charge in [0.05, 0.1) is 22.2 Å². The van der Waals surface area contributed by atoms with Crippen LogP contribution >= 0.6 is 23.2 Å². The van der Waals surface area contributed by atoms with Crippen molar-refractivity contribution in [1.82, 2.24) is 4.98 Å². The summed E-state index contributed by atoms with van der Waals surface area (Å²) in [6, 6.07) is 21.6. The molecule has 0 aliphatic rings. The van der Waals surface area contributed by atoms with Crippen molar-refractivity contribution in [3.8, 4) is 22.4 Å². The summed E-state index contributed by atoms with van der Waals surface area (Å²) in [5.74, 6) is -0.272. The third-order valence-electron chi connectivity index (χ3n) is 6.31. The number of carbonyl (C=O) groups is 1. The molecule has 0 bridgehead atoms. The number of hydrogen-bond acceptors (Lipinski definition) is 4. The molecule has 0 fully saturated rings.